The van der Waals surface area contributed by atoms with E-state index in [4.69, 9.17) is 11.0 Å². The van der Waals surface area contributed by atoms with Gasteiger partial charge in [-0.15, -0.1) is 0 Å². The van der Waals surface area contributed by atoms with E-state index in [0.717, 1.165) is 6.42 Å². The van der Waals surface area contributed by atoms with E-state index in [0.29, 0.717) is 11.3 Å². The third-order valence-electron chi connectivity index (χ3n) is 3.05. The molecule has 1 aromatic rings. The van der Waals surface area contributed by atoms with Crippen molar-refractivity contribution in [2.45, 2.75) is 26.3 Å². The van der Waals surface area contributed by atoms with Crippen LogP contribution in [-0.2, 0) is 4.79 Å². The molecule has 106 valence electrons. The van der Waals surface area contributed by atoms with Crippen molar-refractivity contribution in [3.63, 3.8) is 0 Å². The molecule has 6 heteroatoms. The topological polar surface area (TPSA) is 108 Å². The molecule has 0 fully saturated rings. The van der Waals surface area contributed by atoms with Gasteiger partial charge < -0.3 is 16.4 Å². The highest BCUT2D eigenvalue weighted by atomic mass is 16.2. The first-order valence-electron chi connectivity index (χ1n) is 6.35. The molecule has 0 heterocycles. The van der Waals surface area contributed by atoms with Gasteiger partial charge in [-0.05, 0) is 24.1 Å². The Labute approximate surface area is 118 Å². The lowest BCUT2D eigenvalue weighted by Gasteiger charge is -2.22. The van der Waals surface area contributed by atoms with Crippen molar-refractivity contribution in [2.75, 3.05) is 5.32 Å². The SMILES string of the molecule is CC[C@@H](C)[C@@H](NC(N)=O)C(=O)Nc1cccc(C#N)c1. The third-order valence-corrected chi connectivity index (χ3v) is 3.05. The first-order valence-corrected chi connectivity index (χ1v) is 6.35. The molecule has 1 aromatic carbocycles. The molecule has 0 radical (unpaired) electrons. The lowest BCUT2D eigenvalue weighted by atomic mass is 9.98. The quantitative estimate of drug-likeness (QED) is 0.758. The molecule has 0 aromatic heterocycles. The van der Waals surface area contributed by atoms with Gasteiger partial charge in [-0.2, -0.15) is 5.26 Å². The summed E-state index contributed by atoms with van der Waals surface area (Å²) in [4.78, 5) is 23.2. The molecular weight excluding hydrogens is 256 g/mol. The van der Waals surface area contributed by atoms with Crippen LogP contribution < -0.4 is 16.4 Å². The zero-order valence-corrected chi connectivity index (χ0v) is 11.5. The average molecular weight is 274 g/mol. The first kappa shape index (κ1) is 15.5. The fraction of sp³-hybridized carbons (Fsp3) is 0.357. The van der Waals surface area contributed by atoms with Crippen LogP contribution in [-0.4, -0.2) is 18.0 Å². The Hall–Kier alpha value is -2.55. The summed E-state index contributed by atoms with van der Waals surface area (Å²) in [5.41, 5.74) is 6.05. The number of nitrogens with zero attached hydrogens (tertiary/aromatic N) is 1. The molecule has 0 spiro atoms. The van der Waals surface area contributed by atoms with Crippen molar-refractivity contribution < 1.29 is 9.59 Å². The summed E-state index contributed by atoms with van der Waals surface area (Å²) in [6.45, 7) is 3.77. The van der Waals surface area contributed by atoms with E-state index in [1.165, 1.54) is 0 Å². The highest BCUT2D eigenvalue weighted by Crippen LogP contribution is 2.13. The Bertz CT molecular complexity index is 536. The van der Waals surface area contributed by atoms with Crippen LogP contribution in [0.1, 0.15) is 25.8 Å². The molecular formula is C14H18N4O2. The second-order valence-electron chi connectivity index (χ2n) is 4.55. The minimum atomic E-state index is -0.740. The van der Waals surface area contributed by atoms with Gasteiger partial charge in [0.1, 0.15) is 6.04 Å². The summed E-state index contributed by atoms with van der Waals surface area (Å²) >= 11 is 0. The molecule has 1 rings (SSSR count). The number of primary amides is 1. The van der Waals surface area contributed by atoms with Gasteiger partial charge in [0.25, 0.3) is 0 Å². The Balaban J connectivity index is 2.84. The van der Waals surface area contributed by atoms with Crippen molar-refractivity contribution in [1.29, 1.82) is 5.26 Å². The number of hydrogen-bond acceptors (Lipinski definition) is 3. The van der Waals surface area contributed by atoms with E-state index in [-0.39, 0.29) is 11.8 Å². The van der Waals surface area contributed by atoms with Gasteiger partial charge in [-0.25, -0.2) is 4.79 Å². The number of urea groups is 1. The summed E-state index contributed by atoms with van der Waals surface area (Å²) in [6.07, 6.45) is 0.719. The fourth-order valence-corrected chi connectivity index (χ4v) is 1.74. The van der Waals surface area contributed by atoms with E-state index in [1.807, 2.05) is 19.9 Å². The largest absolute Gasteiger partial charge is 0.352 e. The second kappa shape index (κ2) is 7.14. The highest BCUT2D eigenvalue weighted by molar-refractivity contribution is 5.97. The molecule has 0 unspecified atom stereocenters. The minimum absolute atomic E-state index is 0.0540. The van der Waals surface area contributed by atoms with Gasteiger partial charge in [-0.3, -0.25) is 4.79 Å². The van der Waals surface area contributed by atoms with Crippen molar-refractivity contribution in [3.8, 4) is 6.07 Å². The second-order valence-corrected chi connectivity index (χ2v) is 4.55. The number of anilines is 1. The van der Waals surface area contributed by atoms with E-state index in [1.54, 1.807) is 24.3 Å². The third kappa shape index (κ3) is 4.28. The van der Waals surface area contributed by atoms with Crippen molar-refractivity contribution in [3.05, 3.63) is 29.8 Å². The van der Waals surface area contributed by atoms with Crippen molar-refractivity contribution in [2.24, 2.45) is 11.7 Å². The lowest BCUT2D eigenvalue weighted by molar-refractivity contribution is -0.119. The van der Waals surface area contributed by atoms with Crippen LogP contribution in [0.3, 0.4) is 0 Å². The monoisotopic (exact) mass is 274 g/mol. The van der Waals surface area contributed by atoms with E-state index >= 15 is 0 Å². The number of rotatable bonds is 5. The minimum Gasteiger partial charge on any atom is -0.352 e. The zero-order chi connectivity index (χ0) is 15.1. The fourth-order valence-electron chi connectivity index (χ4n) is 1.74. The Morgan fingerprint density at radius 2 is 2.15 bits per heavy atom. The van der Waals surface area contributed by atoms with Crippen LogP contribution in [0.5, 0.6) is 0 Å². The molecule has 3 amide bonds. The molecule has 4 N–H and O–H groups in total. The Morgan fingerprint density at radius 1 is 1.45 bits per heavy atom. The Kier molecular flexibility index (Phi) is 5.54. The maximum Gasteiger partial charge on any atom is 0.312 e. The van der Waals surface area contributed by atoms with Gasteiger partial charge in [0.05, 0.1) is 11.6 Å². The molecule has 0 saturated heterocycles. The summed E-state index contributed by atoms with van der Waals surface area (Å²) in [7, 11) is 0. The molecule has 2 atom stereocenters. The number of hydrogen-bond donors (Lipinski definition) is 3. The molecule has 20 heavy (non-hydrogen) atoms. The maximum atomic E-state index is 12.2. The number of benzene rings is 1. The summed E-state index contributed by atoms with van der Waals surface area (Å²) in [5.74, 6) is -0.408. The standard InChI is InChI=1S/C14H18N4O2/c1-3-9(2)12(18-14(16)20)13(19)17-11-6-4-5-10(7-11)8-15/h4-7,9,12H,3H2,1-2H3,(H,17,19)(H3,16,18,20)/t9-,12-/m1/s1. The van der Waals surface area contributed by atoms with E-state index in [2.05, 4.69) is 10.6 Å². The van der Waals surface area contributed by atoms with Crippen LogP contribution in [0.15, 0.2) is 24.3 Å². The molecule has 6 nitrogen and oxygen atoms in total. The normalized spacial score (nSPS) is 12.8. The van der Waals surface area contributed by atoms with Gasteiger partial charge in [-0.1, -0.05) is 26.3 Å². The van der Waals surface area contributed by atoms with Crippen LogP contribution in [0, 0.1) is 17.2 Å². The first-order chi connectivity index (χ1) is 9.47. The number of carbonyl (C=O) groups is 2. The summed E-state index contributed by atoms with van der Waals surface area (Å²) in [6, 6.07) is 7.11. The van der Waals surface area contributed by atoms with E-state index < -0.39 is 12.1 Å². The van der Waals surface area contributed by atoms with Crippen LogP contribution in [0.2, 0.25) is 0 Å². The molecule has 0 aliphatic rings. The van der Waals surface area contributed by atoms with Gasteiger partial charge >= 0.3 is 6.03 Å². The Morgan fingerprint density at radius 3 is 2.70 bits per heavy atom. The summed E-state index contributed by atoms with van der Waals surface area (Å²) < 4.78 is 0. The molecule has 0 aliphatic heterocycles. The zero-order valence-electron chi connectivity index (χ0n) is 11.5. The van der Waals surface area contributed by atoms with Crippen LogP contribution in [0.25, 0.3) is 0 Å². The van der Waals surface area contributed by atoms with Gasteiger partial charge in [0, 0.05) is 5.69 Å². The maximum absolute atomic E-state index is 12.2. The van der Waals surface area contributed by atoms with Gasteiger partial charge in [0.15, 0.2) is 0 Å². The van der Waals surface area contributed by atoms with Gasteiger partial charge in [0.2, 0.25) is 5.91 Å². The number of amides is 3. The van der Waals surface area contributed by atoms with Crippen molar-refractivity contribution >= 4 is 17.6 Å². The number of carbonyl (C=O) groups excluding carboxylic acids is 2. The number of nitrogens with one attached hydrogen (secondary N) is 2. The average Bonchev–Trinajstić information content (AvgIpc) is 2.43. The molecule has 0 saturated carbocycles. The van der Waals surface area contributed by atoms with Crippen molar-refractivity contribution in [1.82, 2.24) is 5.32 Å². The number of nitriles is 1. The highest BCUT2D eigenvalue weighted by Gasteiger charge is 2.25. The smallest absolute Gasteiger partial charge is 0.312 e. The molecule has 0 aliphatic carbocycles. The summed E-state index contributed by atoms with van der Waals surface area (Å²) in [5, 5.41) is 13.9. The predicted molar refractivity (Wildman–Crippen MR) is 75.7 cm³/mol. The van der Waals surface area contributed by atoms with Crippen LogP contribution >= 0.6 is 0 Å². The van der Waals surface area contributed by atoms with E-state index in [9.17, 15) is 9.59 Å². The predicted octanol–water partition coefficient (Wildman–Crippen LogP) is 1.58. The van der Waals surface area contributed by atoms with Crippen LogP contribution in [0.4, 0.5) is 10.5 Å². The number of nitrogens with two attached hydrogens (primary N) is 1. The molecule has 0 bridgehead atoms. The lowest BCUT2D eigenvalue weighted by Crippen LogP contribution is -2.49.